The molecule has 0 bridgehead atoms. The van der Waals surface area contributed by atoms with Crippen LogP contribution in [0.5, 0.6) is 0 Å². The molecule has 0 amide bonds. The molecule has 88 valence electrons. The van der Waals surface area contributed by atoms with E-state index in [0.717, 1.165) is 13.0 Å². The fourth-order valence-electron chi connectivity index (χ4n) is 0.452. The molecule has 13 heavy (non-hydrogen) atoms. The minimum atomic E-state index is 0. The van der Waals surface area contributed by atoms with Crippen LogP contribution in [0.15, 0.2) is 12.2 Å². The average Bonchev–Trinajstić information content (AvgIpc) is 1.66. The smallest absolute Gasteiger partial charge is 0.0157 e. The van der Waals surface area contributed by atoms with Crippen LogP contribution in [0.2, 0.25) is 0 Å². The van der Waals surface area contributed by atoms with Crippen LogP contribution < -0.4 is 0 Å². The molecular formula is C12H35N. The van der Waals surface area contributed by atoms with Crippen LogP contribution in [0.25, 0.3) is 0 Å². The molecule has 0 radical (unpaired) electrons. The van der Waals surface area contributed by atoms with Crippen molar-refractivity contribution in [1.82, 2.24) is 4.90 Å². The maximum absolute atomic E-state index is 2.18. The standard InChI is InChI=1S/C7H15N.5CH4/c1-4-5-6-7-8(2)3;;;;;/h5-6H,4,7H2,1-3H3;5*1H4/b6-5+;;;;;. The molecule has 0 aromatic rings. The number of likely N-dealkylation sites (N-methyl/N-ethyl adjacent to an activating group) is 1. The zero-order chi connectivity index (χ0) is 6.41. The molecule has 0 unspecified atom stereocenters. The summed E-state index contributed by atoms with van der Waals surface area (Å²) in [6, 6.07) is 0. The van der Waals surface area contributed by atoms with Crippen molar-refractivity contribution in [3.63, 3.8) is 0 Å². The summed E-state index contributed by atoms with van der Waals surface area (Å²) in [5, 5.41) is 0. The minimum Gasteiger partial charge on any atom is -0.306 e. The van der Waals surface area contributed by atoms with Gasteiger partial charge in [-0.3, -0.25) is 0 Å². The zero-order valence-electron chi connectivity index (χ0n) is 6.02. The van der Waals surface area contributed by atoms with Gasteiger partial charge in [0.15, 0.2) is 0 Å². The molecule has 0 atom stereocenters. The lowest BCUT2D eigenvalue weighted by atomic mass is 10.4. The first-order chi connectivity index (χ1) is 3.77. The van der Waals surface area contributed by atoms with Gasteiger partial charge >= 0.3 is 0 Å². The van der Waals surface area contributed by atoms with Crippen LogP contribution in [0.4, 0.5) is 0 Å². The van der Waals surface area contributed by atoms with E-state index in [1.165, 1.54) is 0 Å². The molecule has 0 aromatic carbocycles. The molecule has 0 saturated carbocycles. The van der Waals surface area contributed by atoms with Gasteiger partial charge in [0.2, 0.25) is 0 Å². The number of allylic oxidation sites excluding steroid dienone is 1. The van der Waals surface area contributed by atoms with Gasteiger partial charge < -0.3 is 4.90 Å². The summed E-state index contributed by atoms with van der Waals surface area (Å²) in [4.78, 5) is 2.14. The first kappa shape index (κ1) is 38.7. The van der Waals surface area contributed by atoms with Crippen LogP contribution in [0, 0.1) is 0 Å². The van der Waals surface area contributed by atoms with Gasteiger partial charge in [0.1, 0.15) is 0 Å². The lowest BCUT2D eigenvalue weighted by Crippen LogP contribution is -2.10. The average molecular weight is 193 g/mol. The maximum atomic E-state index is 2.18. The lowest BCUT2D eigenvalue weighted by molar-refractivity contribution is 0.456. The van der Waals surface area contributed by atoms with Crippen LogP contribution in [0.3, 0.4) is 0 Å². The highest BCUT2D eigenvalue weighted by molar-refractivity contribution is 4.81. The largest absolute Gasteiger partial charge is 0.306 e. The highest BCUT2D eigenvalue weighted by atomic mass is 15.0. The Kier molecular flexibility index (Phi) is 88.9. The van der Waals surface area contributed by atoms with E-state index in [0.29, 0.717) is 0 Å². The van der Waals surface area contributed by atoms with Crippen molar-refractivity contribution < 1.29 is 0 Å². The minimum absolute atomic E-state index is 0. The molecule has 0 aliphatic carbocycles. The van der Waals surface area contributed by atoms with E-state index >= 15 is 0 Å². The Morgan fingerprint density at radius 3 is 1.46 bits per heavy atom. The maximum Gasteiger partial charge on any atom is 0.0157 e. The summed E-state index contributed by atoms with van der Waals surface area (Å²) in [5.41, 5.74) is 0. The van der Waals surface area contributed by atoms with Gasteiger partial charge in [-0.15, -0.1) is 0 Å². The van der Waals surface area contributed by atoms with Crippen LogP contribution in [-0.2, 0) is 0 Å². The summed E-state index contributed by atoms with van der Waals surface area (Å²) < 4.78 is 0. The Labute approximate surface area is 88.9 Å². The molecule has 1 heteroatoms. The van der Waals surface area contributed by atoms with Crippen molar-refractivity contribution in [2.75, 3.05) is 20.6 Å². The van der Waals surface area contributed by atoms with Crippen molar-refractivity contribution >= 4 is 0 Å². The van der Waals surface area contributed by atoms with Crippen molar-refractivity contribution in [1.29, 1.82) is 0 Å². The van der Waals surface area contributed by atoms with Crippen molar-refractivity contribution in [2.24, 2.45) is 0 Å². The van der Waals surface area contributed by atoms with Gasteiger partial charge in [-0.25, -0.2) is 0 Å². The summed E-state index contributed by atoms with van der Waals surface area (Å²) >= 11 is 0. The zero-order valence-corrected chi connectivity index (χ0v) is 6.02. The molecule has 0 saturated heterocycles. The third-order valence-corrected chi connectivity index (χ3v) is 0.873. The van der Waals surface area contributed by atoms with Crippen LogP contribution in [-0.4, -0.2) is 25.5 Å². The Morgan fingerprint density at radius 2 is 1.23 bits per heavy atom. The van der Waals surface area contributed by atoms with E-state index < -0.39 is 0 Å². The van der Waals surface area contributed by atoms with Gasteiger partial charge in [0, 0.05) is 6.54 Å². The molecule has 0 spiro atoms. The molecule has 0 aliphatic rings. The quantitative estimate of drug-likeness (QED) is 0.588. The normalized spacial score (nSPS) is 7.08. The summed E-state index contributed by atoms with van der Waals surface area (Å²) in [5.74, 6) is 0. The molecular weight excluding hydrogens is 158 g/mol. The Bertz CT molecular complexity index is 65.5. The fraction of sp³-hybridized carbons (Fsp3) is 0.833. The third kappa shape index (κ3) is 49.8. The number of nitrogens with zero attached hydrogens (tertiary/aromatic N) is 1. The highest BCUT2D eigenvalue weighted by Gasteiger charge is 1.78. The molecule has 0 aliphatic heterocycles. The molecule has 0 fully saturated rings. The third-order valence-electron chi connectivity index (χ3n) is 0.873. The lowest BCUT2D eigenvalue weighted by Gasteiger charge is -2.02. The predicted molar refractivity (Wildman–Crippen MR) is 71.6 cm³/mol. The van der Waals surface area contributed by atoms with Crippen molar-refractivity contribution in [3.8, 4) is 0 Å². The Hall–Kier alpha value is -0.300. The SMILES string of the molecule is C.C.C.C.C.CC/C=C/CN(C)C. The van der Waals surface area contributed by atoms with E-state index in [1.807, 2.05) is 0 Å². The van der Waals surface area contributed by atoms with E-state index in [-0.39, 0.29) is 37.1 Å². The Balaban J connectivity index is -0.0000000245. The van der Waals surface area contributed by atoms with E-state index in [2.05, 4.69) is 38.1 Å². The molecule has 0 heterocycles. The van der Waals surface area contributed by atoms with Crippen LogP contribution >= 0.6 is 0 Å². The van der Waals surface area contributed by atoms with Gasteiger partial charge in [0.05, 0.1) is 0 Å². The summed E-state index contributed by atoms with van der Waals surface area (Å²) in [6.45, 7) is 3.21. The summed E-state index contributed by atoms with van der Waals surface area (Å²) in [6.07, 6.45) is 5.51. The van der Waals surface area contributed by atoms with E-state index in [4.69, 9.17) is 0 Å². The molecule has 0 N–H and O–H groups in total. The second-order valence-electron chi connectivity index (χ2n) is 2.14. The first-order valence-corrected chi connectivity index (χ1v) is 3.07. The van der Waals surface area contributed by atoms with Gasteiger partial charge in [-0.1, -0.05) is 56.2 Å². The van der Waals surface area contributed by atoms with E-state index in [1.54, 1.807) is 0 Å². The van der Waals surface area contributed by atoms with Gasteiger partial charge in [-0.05, 0) is 20.5 Å². The number of hydrogen-bond acceptors (Lipinski definition) is 1. The van der Waals surface area contributed by atoms with Crippen LogP contribution in [0.1, 0.15) is 50.5 Å². The highest BCUT2D eigenvalue weighted by Crippen LogP contribution is 1.80. The monoisotopic (exact) mass is 193 g/mol. The molecule has 0 aromatic heterocycles. The first-order valence-electron chi connectivity index (χ1n) is 3.07. The summed E-state index contributed by atoms with van der Waals surface area (Å²) in [7, 11) is 4.14. The second kappa shape index (κ2) is 29.8. The predicted octanol–water partition coefficient (Wildman–Crippen LogP) is 4.69. The van der Waals surface area contributed by atoms with E-state index in [9.17, 15) is 0 Å². The second-order valence-corrected chi connectivity index (χ2v) is 2.14. The number of rotatable bonds is 3. The fourth-order valence-corrected chi connectivity index (χ4v) is 0.452. The van der Waals surface area contributed by atoms with Gasteiger partial charge in [-0.2, -0.15) is 0 Å². The topological polar surface area (TPSA) is 3.24 Å². The molecule has 0 rings (SSSR count). The molecule has 1 nitrogen and oxygen atoms in total. The number of hydrogen-bond donors (Lipinski definition) is 0. The Morgan fingerprint density at radius 1 is 0.846 bits per heavy atom. The van der Waals surface area contributed by atoms with Crippen molar-refractivity contribution in [3.05, 3.63) is 12.2 Å². The van der Waals surface area contributed by atoms with Crippen molar-refractivity contribution in [2.45, 2.75) is 50.5 Å². The van der Waals surface area contributed by atoms with Gasteiger partial charge in [0.25, 0.3) is 0 Å².